The number of urea groups is 1. The van der Waals surface area contributed by atoms with E-state index in [9.17, 15) is 4.79 Å². The second-order valence-corrected chi connectivity index (χ2v) is 5.29. The average Bonchev–Trinajstić information content (AvgIpc) is 3.03. The minimum Gasteiger partial charge on any atom is -0.439 e. The number of carbonyl (C=O) groups excluding carboxylic acids is 1. The van der Waals surface area contributed by atoms with Gasteiger partial charge in [-0.2, -0.15) is 4.98 Å². The number of nitrogens with zero attached hydrogens (tertiary/aromatic N) is 1. The van der Waals surface area contributed by atoms with Gasteiger partial charge in [-0.25, -0.2) is 4.79 Å². The first-order chi connectivity index (χ1) is 11.7. The van der Waals surface area contributed by atoms with E-state index < -0.39 is 0 Å². The molecule has 2 amide bonds. The molecular weight excluding hydrogens is 310 g/mol. The maximum atomic E-state index is 12.1. The van der Waals surface area contributed by atoms with Gasteiger partial charge in [0, 0.05) is 13.2 Å². The second-order valence-electron chi connectivity index (χ2n) is 5.29. The molecule has 3 rings (SSSR count). The van der Waals surface area contributed by atoms with Crippen LogP contribution in [0.15, 0.2) is 48.5 Å². The van der Waals surface area contributed by atoms with Crippen LogP contribution < -0.4 is 15.4 Å². The predicted molar refractivity (Wildman–Crippen MR) is 88.3 cm³/mol. The molecule has 0 bridgehead atoms. The summed E-state index contributed by atoms with van der Waals surface area (Å²) in [6.07, 6.45) is -0.142. The molecule has 1 aromatic carbocycles. The first kappa shape index (κ1) is 16.2. The second kappa shape index (κ2) is 7.76. The molecule has 1 aliphatic heterocycles. The molecule has 7 heteroatoms. The third-order valence-electron chi connectivity index (χ3n) is 3.58. The van der Waals surface area contributed by atoms with Crippen molar-refractivity contribution >= 4 is 11.8 Å². The van der Waals surface area contributed by atoms with Gasteiger partial charge in [-0.1, -0.05) is 24.3 Å². The first-order valence-corrected chi connectivity index (χ1v) is 7.62. The Bertz CT molecular complexity index is 681. The van der Waals surface area contributed by atoms with Crippen LogP contribution in [0, 0.1) is 0 Å². The van der Waals surface area contributed by atoms with Crippen LogP contribution in [0.5, 0.6) is 11.6 Å². The summed E-state index contributed by atoms with van der Waals surface area (Å²) >= 11 is 0. The number of aromatic nitrogens is 1. The minimum atomic E-state index is -0.364. The summed E-state index contributed by atoms with van der Waals surface area (Å²) < 4.78 is 16.2. The molecule has 2 atom stereocenters. The third-order valence-corrected chi connectivity index (χ3v) is 3.58. The molecular formula is C17H19N3O4. The van der Waals surface area contributed by atoms with E-state index in [1.54, 1.807) is 25.3 Å². The average molecular weight is 329 g/mol. The number of ether oxygens (including phenoxy) is 3. The zero-order valence-corrected chi connectivity index (χ0v) is 13.3. The van der Waals surface area contributed by atoms with E-state index in [0.29, 0.717) is 30.7 Å². The van der Waals surface area contributed by atoms with Gasteiger partial charge in [-0.05, 0) is 18.2 Å². The Kier molecular flexibility index (Phi) is 5.25. The maximum absolute atomic E-state index is 12.1. The summed E-state index contributed by atoms with van der Waals surface area (Å²) in [4.78, 5) is 16.4. The van der Waals surface area contributed by atoms with Crippen LogP contribution in [-0.2, 0) is 9.47 Å². The molecule has 2 heterocycles. The fourth-order valence-electron chi connectivity index (χ4n) is 2.37. The van der Waals surface area contributed by atoms with Gasteiger partial charge in [0.1, 0.15) is 17.7 Å². The quantitative estimate of drug-likeness (QED) is 0.880. The third kappa shape index (κ3) is 4.21. The molecule has 0 spiro atoms. The van der Waals surface area contributed by atoms with E-state index in [-0.39, 0.29) is 18.2 Å². The molecule has 2 N–H and O–H groups in total. The summed E-state index contributed by atoms with van der Waals surface area (Å²) in [5.74, 6) is 1.48. The fourth-order valence-corrected chi connectivity index (χ4v) is 2.37. The summed E-state index contributed by atoms with van der Waals surface area (Å²) in [6.45, 7) is 0.899. The van der Waals surface area contributed by atoms with E-state index >= 15 is 0 Å². The molecule has 0 unspecified atom stereocenters. The van der Waals surface area contributed by atoms with Crippen molar-refractivity contribution in [3.63, 3.8) is 0 Å². The van der Waals surface area contributed by atoms with Gasteiger partial charge in [0.15, 0.2) is 0 Å². The highest BCUT2D eigenvalue weighted by Gasteiger charge is 2.29. The SMILES string of the molecule is CO[C@@H]1COC[C@H]1NC(=O)Nc1cccc(Oc2ccccc2)n1. The molecule has 7 nitrogen and oxygen atoms in total. The highest BCUT2D eigenvalue weighted by molar-refractivity contribution is 5.88. The van der Waals surface area contributed by atoms with Crippen molar-refractivity contribution in [3.8, 4) is 11.6 Å². The number of rotatable bonds is 5. The fraction of sp³-hybridized carbons (Fsp3) is 0.294. The monoisotopic (exact) mass is 329 g/mol. The van der Waals surface area contributed by atoms with Crippen molar-refractivity contribution in [1.82, 2.24) is 10.3 Å². The lowest BCUT2D eigenvalue weighted by molar-refractivity contribution is 0.0748. The Hall–Kier alpha value is -2.64. The van der Waals surface area contributed by atoms with E-state index in [1.165, 1.54) is 0 Å². The molecule has 1 aromatic heterocycles. The number of hydrogen-bond donors (Lipinski definition) is 2. The van der Waals surface area contributed by atoms with Crippen molar-refractivity contribution in [1.29, 1.82) is 0 Å². The number of hydrogen-bond acceptors (Lipinski definition) is 5. The molecule has 1 aliphatic rings. The van der Waals surface area contributed by atoms with Gasteiger partial charge in [-0.15, -0.1) is 0 Å². The molecule has 126 valence electrons. The zero-order chi connectivity index (χ0) is 16.8. The normalized spacial score (nSPS) is 19.7. The van der Waals surface area contributed by atoms with Crippen LogP contribution in [0.3, 0.4) is 0 Å². The number of para-hydroxylation sites is 1. The minimum absolute atomic E-state index is 0.142. The molecule has 0 aliphatic carbocycles. The molecule has 0 saturated carbocycles. The molecule has 1 fully saturated rings. The number of benzene rings is 1. The Morgan fingerprint density at radius 3 is 2.79 bits per heavy atom. The van der Waals surface area contributed by atoms with Gasteiger partial charge in [-0.3, -0.25) is 5.32 Å². The van der Waals surface area contributed by atoms with Gasteiger partial charge >= 0.3 is 6.03 Å². The van der Waals surface area contributed by atoms with Crippen LogP contribution in [0.1, 0.15) is 0 Å². The molecule has 24 heavy (non-hydrogen) atoms. The smallest absolute Gasteiger partial charge is 0.320 e. The van der Waals surface area contributed by atoms with Crippen LogP contribution in [0.2, 0.25) is 0 Å². The number of nitrogens with one attached hydrogen (secondary N) is 2. The Balaban J connectivity index is 1.59. The van der Waals surface area contributed by atoms with Crippen molar-refractivity contribution in [2.24, 2.45) is 0 Å². The summed E-state index contributed by atoms with van der Waals surface area (Å²) in [5, 5.41) is 5.50. The van der Waals surface area contributed by atoms with Crippen LogP contribution >= 0.6 is 0 Å². The van der Waals surface area contributed by atoms with Gasteiger partial charge in [0.05, 0.1) is 19.3 Å². The molecule has 0 radical (unpaired) electrons. The number of carbonyl (C=O) groups is 1. The molecule has 1 saturated heterocycles. The number of amides is 2. The Labute approximate surface area is 139 Å². The summed E-state index contributed by atoms with van der Waals surface area (Å²) in [5.41, 5.74) is 0. The number of pyridine rings is 1. The Morgan fingerprint density at radius 1 is 1.17 bits per heavy atom. The van der Waals surface area contributed by atoms with E-state index in [4.69, 9.17) is 14.2 Å². The predicted octanol–water partition coefficient (Wildman–Crippen LogP) is 2.41. The molecule has 2 aromatic rings. The van der Waals surface area contributed by atoms with Crippen molar-refractivity contribution in [2.45, 2.75) is 12.1 Å². The maximum Gasteiger partial charge on any atom is 0.320 e. The van der Waals surface area contributed by atoms with Crippen molar-refractivity contribution in [2.75, 3.05) is 25.6 Å². The lowest BCUT2D eigenvalue weighted by Crippen LogP contribution is -2.45. The highest BCUT2D eigenvalue weighted by Crippen LogP contribution is 2.20. The zero-order valence-electron chi connectivity index (χ0n) is 13.3. The largest absolute Gasteiger partial charge is 0.439 e. The summed E-state index contributed by atoms with van der Waals surface area (Å²) in [7, 11) is 1.60. The summed E-state index contributed by atoms with van der Waals surface area (Å²) in [6, 6.07) is 14.0. The Morgan fingerprint density at radius 2 is 2.00 bits per heavy atom. The van der Waals surface area contributed by atoms with Gasteiger partial charge in [0.2, 0.25) is 5.88 Å². The van der Waals surface area contributed by atoms with Gasteiger partial charge in [0.25, 0.3) is 0 Å². The topological polar surface area (TPSA) is 81.7 Å². The van der Waals surface area contributed by atoms with E-state index in [1.807, 2.05) is 30.3 Å². The highest BCUT2D eigenvalue weighted by atomic mass is 16.5. The van der Waals surface area contributed by atoms with Crippen molar-refractivity contribution in [3.05, 3.63) is 48.5 Å². The van der Waals surface area contributed by atoms with Crippen molar-refractivity contribution < 1.29 is 19.0 Å². The van der Waals surface area contributed by atoms with Crippen LogP contribution in [-0.4, -0.2) is 43.5 Å². The standard InChI is InChI=1S/C17H19N3O4/c1-22-14-11-23-10-13(14)18-17(21)20-15-8-5-9-16(19-15)24-12-6-3-2-4-7-12/h2-9,13-14H,10-11H2,1H3,(H2,18,19,20,21)/t13-,14-/m1/s1. The lowest BCUT2D eigenvalue weighted by atomic mass is 10.2. The van der Waals surface area contributed by atoms with E-state index in [0.717, 1.165) is 0 Å². The van der Waals surface area contributed by atoms with Crippen LogP contribution in [0.25, 0.3) is 0 Å². The lowest BCUT2D eigenvalue weighted by Gasteiger charge is -2.17. The number of methoxy groups -OCH3 is 1. The van der Waals surface area contributed by atoms with Crippen LogP contribution in [0.4, 0.5) is 10.6 Å². The van der Waals surface area contributed by atoms with E-state index in [2.05, 4.69) is 15.6 Å². The first-order valence-electron chi connectivity index (χ1n) is 7.62. The van der Waals surface area contributed by atoms with Gasteiger partial charge < -0.3 is 19.5 Å². The number of anilines is 1.